The lowest BCUT2D eigenvalue weighted by Crippen LogP contribution is -2.31. The maximum absolute atomic E-state index is 12.4. The third kappa shape index (κ3) is 4.17. The number of carbonyl (C=O) groups excluding carboxylic acids is 3. The van der Waals surface area contributed by atoms with Crippen LogP contribution in [-0.4, -0.2) is 35.8 Å². The molecule has 2 aromatic carbocycles. The second kappa shape index (κ2) is 7.87. The number of fused-ring (bicyclic) bond motifs is 1. The van der Waals surface area contributed by atoms with Crippen molar-refractivity contribution >= 4 is 33.7 Å². The molecule has 0 saturated heterocycles. The van der Waals surface area contributed by atoms with Crippen molar-refractivity contribution in [2.45, 2.75) is 32.6 Å². The van der Waals surface area contributed by atoms with Crippen LogP contribution in [0.15, 0.2) is 46.9 Å². The normalized spacial score (nSPS) is 13.6. The van der Waals surface area contributed by atoms with Gasteiger partial charge >= 0.3 is 5.97 Å². The lowest BCUT2D eigenvalue weighted by atomic mass is 9.87. The van der Waals surface area contributed by atoms with Crippen LogP contribution in [0, 0.1) is 0 Å². The SMILES string of the molecule is CC(C)(C)c1ccc(C(=O)OCCCN2C(=O)c3ccc(Br)cc3C2=O)cc1. The van der Waals surface area contributed by atoms with Gasteiger partial charge in [-0.3, -0.25) is 14.5 Å². The zero-order chi connectivity index (χ0) is 20.5. The van der Waals surface area contributed by atoms with Crippen LogP contribution in [-0.2, 0) is 10.2 Å². The Morgan fingerprint density at radius 1 is 1.00 bits per heavy atom. The van der Waals surface area contributed by atoms with Gasteiger partial charge in [-0.2, -0.15) is 0 Å². The summed E-state index contributed by atoms with van der Waals surface area (Å²) in [5, 5.41) is 0. The third-order valence-electron chi connectivity index (χ3n) is 4.68. The lowest BCUT2D eigenvalue weighted by Gasteiger charge is -2.19. The molecule has 0 atom stereocenters. The maximum Gasteiger partial charge on any atom is 0.338 e. The van der Waals surface area contributed by atoms with Gasteiger partial charge in [0.25, 0.3) is 11.8 Å². The summed E-state index contributed by atoms with van der Waals surface area (Å²) in [7, 11) is 0. The number of ether oxygens (including phenoxy) is 1. The average molecular weight is 444 g/mol. The first-order valence-corrected chi connectivity index (χ1v) is 9.91. The Labute approximate surface area is 172 Å². The molecule has 0 aliphatic carbocycles. The molecule has 3 rings (SSSR count). The van der Waals surface area contributed by atoms with Crippen molar-refractivity contribution in [1.82, 2.24) is 4.90 Å². The zero-order valence-corrected chi connectivity index (χ0v) is 17.7. The average Bonchev–Trinajstić information content (AvgIpc) is 2.88. The molecule has 0 bridgehead atoms. The van der Waals surface area contributed by atoms with Gasteiger partial charge < -0.3 is 4.74 Å². The highest BCUT2D eigenvalue weighted by Gasteiger charge is 2.35. The van der Waals surface area contributed by atoms with E-state index >= 15 is 0 Å². The van der Waals surface area contributed by atoms with Crippen LogP contribution in [0.3, 0.4) is 0 Å². The summed E-state index contributed by atoms with van der Waals surface area (Å²) in [6.07, 6.45) is 0.387. The largest absolute Gasteiger partial charge is 0.462 e. The summed E-state index contributed by atoms with van der Waals surface area (Å²) < 4.78 is 6.03. The first-order valence-electron chi connectivity index (χ1n) is 9.12. The van der Waals surface area contributed by atoms with E-state index in [9.17, 15) is 14.4 Å². The molecule has 146 valence electrons. The minimum Gasteiger partial charge on any atom is -0.462 e. The van der Waals surface area contributed by atoms with Crippen LogP contribution >= 0.6 is 15.9 Å². The molecular formula is C22H22BrNO4. The summed E-state index contributed by atoms with van der Waals surface area (Å²) >= 11 is 3.31. The van der Waals surface area contributed by atoms with Gasteiger partial charge in [0.1, 0.15) is 0 Å². The van der Waals surface area contributed by atoms with E-state index in [0.29, 0.717) is 23.1 Å². The fourth-order valence-electron chi connectivity index (χ4n) is 3.04. The van der Waals surface area contributed by atoms with E-state index in [1.165, 1.54) is 4.90 Å². The van der Waals surface area contributed by atoms with E-state index in [0.717, 1.165) is 10.0 Å². The van der Waals surface area contributed by atoms with Crippen molar-refractivity contribution in [1.29, 1.82) is 0 Å². The van der Waals surface area contributed by atoms with Gasteiger partial charge in [0.2, 0.25) is 0 Å². The van der Waals surface area contributed by atoms with Gasteiger partial charge in [-0.1, -0.05) is 48.8 Å². The Balaban J connectivity index is 1.52. The van der Waals surface area contributed by atoms with Crippen molar-refractivity contribution in [2.24, 2.45) is 0 Å². The Kier molecular flexibility index (Phi) is 5.70. The van der Waals surface area contributed by atoms with E-state index in [4.69, 9.17) is 4.74 Å². The summed E-state index contributed by atoms with van der Waals surface area (Å²) in [5.41, 5.74) is 2.45. The Hall–Kier alpha value is -2.47. The molecular weight excluding hydrogens is 422 g/mol. The van der Waals surface area contributed by atoms with Gasteiger partial charge in [0.15, 0.2) is 0 Å². The van der Waals surface area contributed by atoms with Crippen LogP contribution in [0.2, 0.25) is 0 Å². The van der Waals surface area contributed by atoms with Crippen molar-refractivity contribution in [3.8, 4) is 0 Å². The van der Waals surface area contributed by atoms with Gasteiger partial charge in [-0.05, 0) is 47.7 Å². The number of hydrogen-bond donors (Lipinski definition) is 0. The molecule has 2 aromatic rings. The number of rotatable bonds is 5. The molecule has 0 aromatic heterocycles. The highest BCUT2D eigenvalue weighted by atomic mass is 79.9. The van der Waals surface area contributed by atoms with E-state index in [1.807, 2.05) is 12.1 Å². The van der Waals surface area contributed by atoms with Gasteiger partial charge in [-0.15, -0.1) is 0 Å². The first-order chi connectivity index (χ1) is 13.2. The quantitative estimate of drug-likeness (QED) is 0.385. The number of halogens is 1. The Bertz CT molecular complexity index is 929. The zero-order valence-electron chi connectivity index (χ0n) is 16.1. The summed E-state index contributed by atoms with van der Waals surface area (Å²) in [6.45, 7) is 6.67. The molecule has 0 N–H and O–H groups in total. The number of esters is 1. The van der Waals surface area contributed by atoms with Crippen LogP contribution < -0.4 is 0 Å². The van der Waals surface area contributed by atoms with E-state index in [1.54, 1.807) is 30.3 Å². The van der Waals surface area contributed by atoms with Crippen molar-refractivity contribution in [3.05, 3.63) is 69.2 Å². The summed E-state index contributed by atoms with van der Waals surface area (Å²) in [5.74, 6) is -1.03. The first kappa shape index (κ1) is 20.3. The molecule has 0 saturated carbocycles. The maximum atomic E-state index is 12.4. The molecule has 0 radical (unpaired) electrons. The summed E-state index contributed by atoms with van der Waals surface area (Å²) in [4.78, 5) is 38.1. The number of amides is 2. The van der Waals surface area contributed by atoms with E-state index in [-0.39, 0.29) is 30.4 Å². The van der Waals surface area contributed by atoms with E-state index < -0.39 is 5.97 Å². The number of hydrogen-bond acceptors (Lipinski definition) is 4. The number of benzene rings is 2. The van der Waals surface area contributed by atoms with Crippen molar-refractivity contribution in [3.63, 3.8) is 0 Å². The van der Waals surface area contributed by atoms with Crippen LogP contribution in [0.25, 0.3) is 0 Å². The third-order valence-corrected chi connectivity index (χ3v) is 5.17. The minimum atomic E-state index is -0.410. The summed E-state index contributed by atoms with van der Waals surface area (Å²) in [6, 6.07) is 12.4. The second-order valence-electron chi connectivity index (χ2n) is 7.77. The minimum absolute atomic E-state index is 0.0183. The van der Waals surface area contributed by atoms with Gasteiger partial charge in [0.05, 0.1) is 23.3 Å². The molecule has 1 heterocycles. The van der Waals surface area contributed by atoms with E-state index in [2.05, 4.69) is 36.7 Å². The standard InChI is InChI=1S/C22H22BrNO4/c1-22(2,3)15-7-5-14(6-8-15)21(27)28-12-4-11-24-19(25)17-10-9-16(23)13-18(17)20(24)26/h5-10,13H,4,11-12H2,1-3H3. The lowest BCUT2D eigenvalue weighted by molar-refractivity contribution is 0.0482. The molecule has 1 aliphatic heterocycles. The molecule has 2 amide bonds. The van der Waals surface area contributed by atoms with Crippen molar-refractivity contribution in [2.75, 3.05) is 13.2 Å². The molecule has 0 spiro atoms. The monoisotopic (exact) mass is 443 g/mol. The molecule has 28 heavy (non-hydrogen) atoms. The smallest absolute Gasteiger partial charge is 0.338 e. The van der Waals surface area contributed by atoms with Crippen LogP contribution in [0.1, 0.15) is 63.8 Å². The molecule has 0 fully saturated rings. The number of imide groups is 1. The second-order valence-corrected chi connectivity index (χ2v) is 8.68. The fraction of sp³-hybridized carbons (Fsp3) is 0.318. The van der Waals surface area contributed by atoms with Gasteiger partial charge in [0, 0.05) is 11.0 Å². The highest BCUT2D eigenvalue weighted by Crippen LogP contribution is 2.26. The predicted molar refractivity (Wildman–Crippen MR) is 110 cm³/mol. The molecule has 6 heteroatoms. The highest BCUT2D eigenvalue weighted by molar-refractivity contribution is 9.10. The topological polar surface area (TPSA) is 63.7 Å². The Morgan fingerprint density at radius 3 is 2.29 bits per heavy atom. The van der Waals surface area contributed by atoms with Gasteiger partial charge in [-0.25, -0.2) is 4.79 Å². The number of nitrogens with zero attached hydrogens (tertiary/aromatic N) is 1. The Morgan fingerprint density at radius 2 is 1.64 bits per heavy atom. The predicted octanol–water partition coefficient (Wildman–Crippen LogP) is 4.59. The molecule has 1 aliphatic rings. The molecule has 0 unspecified atom stereocenters. The molecule has 5 nitrogen and oxygen atoms in total. The fourth-order valence-corrected chi connectivity index (χ4v) is 3.40. The van der Waals surface area contributed by atoms with Crippen LogP contribution in [0.5, 0.6) is 0 Å². The van der Waals surface area contributed by atoms with Crippen LogP contribution in [0.4, 0.5) is 0 Å². The van der Waals surface area contributed by atoms with Crippen molar-refractivity contribution < 1.29 is 19.1 Å². The number of carbonyl (C=O) groups is 3.